The van der Waals surface area contributed by atoms with Gasteiger partial charge in [-0.2, -0.15) is 0 Å². The minimum atomic E-state index is -0.375. The monoisotopic (exact) mass is 325 g/mol. The van der Waals surface area contributed by atoms with Crippen molar-refractivity contribution >= 4 is 17.5 Å². The van der Waals surface area contributed by atoms with E-state index in [9.17, 15) is 9.90 Å². The molecule has 1 amide bonds. The van der Waals surface area contributed by atoms with Crippen LogP contribution in [0.3, 0.4) is 0 Å². The van der Waals surface area contributed by atoms with Crippen LogP contribution in [0.1, 0.15) is 43.7 Å². The molecule has 22 heavy (non-hydrogen) atoms. The molecule has 2 rings (SSSR count). The first kappa shape index (κ1) is 17.3. The molecule has 1 aromatic rings. The van der Waals surface area contributed by atoms with E-state index in [0.29, 0.717) is 23.5 Å². The first-order valence-electron chi connectivity index (χ1n) is 7.81. The first-order chi connectivity index (χ1) is 10.6. The molecule has 122 valence electrons. The molecule has 1 aliphatic carbocycles. The van der Waals surface area contributed by atoms with E-state index in [2.05, 4.69) is 5.32 Å². The molecule has 1 unspecified atom stereocenters. The fourth-order valence-electron chi connectivity index (χ4n) is 3.02. The molecule has 5 heteroatoms. The Hall–Kier alpha value is -1.10. The van der Waals surface area contributed by atoms with Crippen molar-refractivity contribution in [2.75, 3.05) is 13.7 Å². The van der Waals surface area contributed by atoms with Gasteiger partial charge in [-0.15, -0.1) is 0 Å². The van der Waals surface area contributed by atoms with Crippen LogP contribution in [0.4, 0.5) is 0 Å². The Labute approximate surface area is 136 Å². The fraction of sp³-hybridized carbons (Fsp3) is 0.588. The smallest absolute Gasteiger partial charge is 0.220 e. The molecule has 0 heterocycles. The second-order valence-corrected chi connectivity index (χ2v) is 6.37. The van der Waals surface area contributed by atoms with E-state index in [1.807, 2.05) is 12.1 Å². The van der Waals surface area contributed by atoms with Gasteiger partial charge in [0, 0.05) is 18.6 Å². The summed E-state index contributed by atoms with van der Waals surface area (Å²) in [7, 11) is 1.75. The Balaban J connectivity index is 1.83. The van der Waals surface area contributed by atoms with Gasteiger partial charge in [0.1, 0.15) is 0 Å². The molecule has 0 bridgehead atoms. The molecular weight excluding hydrogens is 302 g/mol. The van der Waals surface area contributed by atoms with Crippen LogP contribution >= 0.6 is 11.6 Å². The molecule has 0 aliphatic heterocycles. The van der Waals surface area contributed by atoms with Crippen molar-refractivity contribution < 1.29 is 14.6 Å². The predicted molar refractivity (Wildman–Crippen MR) is 86.8 cm³/mol. The number of nitrogens with one attached hydrogen (secondary N) is 1. The van der Waals surface area contributed by atoms with Crippen molar-refractivity contribution in [1.82, 2.24) is 5.32 Å². The van der Waals surface area contributed by atoms with Gasteiger partial charge in [-0.25, -0.2) is 0 Å². The van der Waals surface area contributed by atoms with Gasteiger partial charge in [-0.05, 0) is 49.3 Å². The Kier molecular flexibility index (Phi) is 6.68. The number of aliphatic hydroxyl groups is 1. The second kappa shape index (κ2) is 8.51. The standard InChI is InChI=1S/C17H24ClNO3/c1-22-15-8-2-12(3-9-15)10-17(21)19-16(11-20)13-4-6-14(18)7-5-13/h4-7,12,15-16,20H,2-3,8-11H2,1H3,(H,19,21). The van der Waals surface area contributed by atoms with Gasteiger partial charge in [0.05, 0.1) is 18.8 Å². The molecule has 1 aliphatic rings. The quantitative estimate of drug-likeness (QED) is 0.845. The fourth-order valence-corrected chi connectivity index (χ4v) is 3.14. The van der Waals surface area contributed by atoms with Crippen molar-refractivity contribution in [1.29, 1.82) is 0 Å². The van der Waals surface area contributed by atoms with E-state index in [1.54, 1.807) is 19.2 Å². The van der Waals surface area contributed by atoms with Gasteiger partial charge in [-0.1, -0.05) is 23.7 Å². The summed E-state index contributed by atoms with van der Waals surface area (Å²) in [6.07, 6.45) is 4.95. The van der Waals surface area contributed by atoms with Crippen LogP contribution in [0, 0.1) is 5.92 Å². The van der Waals surface area contributed by atoms with Crippen LogP contribution in [-0.4, -0.2) is 30.8 Å². The maximum Gasteiger partial charge on any atom is 0.220 e. The highest BCUT2D eigenvalue weighted by Crippen LogP contribution is 2.28. The summed E-state index contributed by atoms with van der Waals surface area (Å²) >= 11 is 5.86. The van der Waals surface area contributed by atoms with Crippen molar-refractivity contribution in [2.24, 2.45) is 5.92 Å². The number of rotatable bonds is 6. The van der Waals surface area contributed by atoms with E-state index in [-0.39, 0.29) is 18.6 Å². The Morgan fingerprint density at radius 1 is 1.32 bits per heavy atom. The molecule has 4 nitrogen and oxygen atoms in total. The minimum absolute atomic E-state index is 0.00475. The molecule has 0 saturated heterocycles. The summed E-state index contributed by atoms with van der Waals surface area (Å²) in [5, 5.41) is 13.1. The Morgan fingerprint density at radius 3 is 2.50 bits per heavy atom. The molecule has 1 aromatic carbocycles. The van der Waals surface area contributed by atoms with Gasteiger partial charge in [0.15, 0.2) is 0 Å². The highest BCUT2D eigenvalue weighted by molar-refractivity contribution is 6.30. The maximum absolute atomic E-state index is 12.2. The number of carbonyl (C=O) groups is 1. The average Bonchev–Trinajstić information content (AvgIpc) is 2.54. The lowest BCUT2D eigenvalue weighted by Crippen LogP contribution is -2.33. The zero-order chi connectivity index (χ0) is 15.9. The average molecular weight is 326 g/mol. The summed E-state index contributed by atoms with van der Waals surface area (Å²) in [6, 6.07) is 6.80. The zero-order valence-electron chi connectivity index (χ0n) is 12.9. The van der Waals surface area contributed by atoms with E-state index < -0.39 is 0 Å². The van der Waals surface area contributed by atoms with Crippen LogP contribution in [0.25, 0.3) is 0 Å². The third kappa shape index (κ3) is 4.97. The zero-order valence-corrected chi connectivity index (χ0v) is 13.7. The van der Waals surface area contributed by atoms with Gasteiger partial charge >= 0.3 is 0 Å². The van der Waals surface area contributed by atoms with Crippen LogP contribution in [0.15, 0.2) is 24.3 Å². The number of hydrogen-bond acceptors (Lipinski definition) is 3. The Bertz CT molecular complexity index is 469. The molecule has 1 atom stereocenters. The lowest BCUT2D eigenvalue weighted by molar-refractivity contribution is -0.123. The SMILES string of the molecule is COC1CCC(CC(=O)NC(CO)c2ccc(Cl)cc2)CC1. The third-order valence-electron chi connectivity index (χ3n) is 4.39. The van der Waals surface area contributed by atoms with E-state index in [1.165, 1.54) is 0 Å². The van der Waals surface area contributed by atoms with E-state index in [4.69, 9.17) is 16.3 Å². The minimum Gasteiger partial charge on any atom is -0.394 e. The van der Waals surface area contributed by atoms with Crippen LogP contribution in [0.2, 0.25) is 5.02 Å². The van der Waals surface area contributed by atoms with Gasteiger partial charge in [0.2, 0.25) is 5.91 Å². The summed E-state index contributed by atoms with van der Waals surface area (Å²) in [4.78, 5) is 12.2. The maximum atomic E-state index is 12.2. The Morgan fingerprint density at radius 2 is 1.95 bits per heavy atom. The highest BCUT2D eigenvalue weighted by Gasteiger charge is 2.23. The number of hydrogen-bond donors (Lipinski definition) is 2. The second-order valence-electron chi connectivity index (χ2n) is 5.94. The summed E-state index contributed by atoms with van der Waals surface area (Å²) in [6.45, 7) is -0.121. The predicted octanol–water partition coefficient (Wildman–Crippen LogP) is 3.08. The molecular formula is C17H24ClNO3. The van der Waals surface area contributed by atoms with Crippen LogP contribution < -0.4 is 5.32 Å². The number of ether oxygens (including phenoxy) is 1. The van der Waals surface area contributed by atoms with Gasteiger partial charge in [0.25, 0.3) is 0 Å². The third-order valence-corrected chi connectivity index (χ3v) is 4.64. The molecule has 1 saturated carbocycles. The number of benzene rings is 1. The number of amides is 1. The number of halogens is 1. The highest BCUT2D eigenvalue weighted by atomic mass is 35.5. The summed E-state index contributed by atoms with van der Waals surface area (Å²) in [5.41, 5.74) is 0.864. The largest absolute Gasteiger partial charge is 0.394 e. The van der Waals surface area contributed by atoms with E-state index in [0.717, 1.165) is 31.2 Å². The number of carbonyl (C=O) groups excluding carboxylic acids is 1. The van der Waals surface area contributed by atoms with Crippen LogP contribution in [0.5, 0.6) is 0 Å². The van der Waals surface area contributed by atoms with Gasteiger partial charge in [-0.3, -0.25) is 4.79 Å². The molecule has 2 N–H and O–H groups in total. The van der Waals surface area contributed by atoms with Crippen molar-refractivity contribution in [3.63, 3.8) is 0 Å². The molecule has 0 radical (unpaired) electrons. The lowest BCUT2D eigenvalue weighted by Gasteiger charge is -2.27. The molecule has 0 aromatic heterocycles. The van der Waals surface area contributed by atoms with Crippen LogP contribution in [-0.2, 0) is 9.53 Å². The molecule has 1 fully saturated rings. The van der Waals surface area contributed by atoms with Crippen molar-refractivity contribution in [2.45, 2.75) is 44.2 Å². The topological polar surface area (TPSA) is 58.6 Å². The van der Waals surface area contributed by atoms with Crippen molar-refractivity contribution in [3.05, 3.63) is 34.9 Å². The lowest BCUT2D eigenvalue weighted by atomic mass is 9.85. The van der Waals surface area contributed by atoms with Crippen molar-refractivity contribution in [3.8, 4) is 0 Å². The normalized spacial score (nSPS) is 23.0. The summed E-state index contributed by atoms with van der Waals surface area (Å²) in [5.74, 6) is 0.408. The number of aliphatic hydroxyl groups excluding tert-OH is 1. The summed E-state index contributed by atoms with van der Waals surface area (Å²) < 4.78 is 5.35. The van der Waals surface area contributed by atoms with Gasteiger partial charge < -0.3 is 15.2 Å². The molecule has 0 spiro atoms. The van der Waals surface area contributed by atoms with E-state index >= 15 is 0 Å². The number of methoxy groups -OCH3 is 1. The first-order valence-corrected chi connectivity index (χ1v) is 8.18.